The highest BCUT2D eigenvalue weighted by atomic mass is 19.4. The smallest absolute Gasteiger partial charge is 0.249 e. The predicted molar refractivity (Wildman–Crippen MR) is 45.6 cm³/mol. The lowest BCUT2D eigenvalue weighted by atomic mass is 10.2. The van der Waals surface area contributed by atoms with Crippen molar-refractivity contribution in [3.05, 3.63) is 23.4 Å². The van der Waals surface area contributed by atoms with Gasteiger partial charge < -0.3 is 0 Å². The second-order valence-corrected chi connectivity index (χ2v) is 3.04. The lowest BCUT2D eigenvalue weighted by Gasteiger charge is -2.05. The van der Waals surface area contributed by atoms with E-state index in [1.165, 1.54) is 0 Å². The SMILES string of the molecule is CC1=CC(C)=NC(C(F)(F)F)=CC1. The minimum absolute atomic E-state index is 0.315. The molecule has 4 heteroatoms. The van der Waals surface area contributed by atoms with Gasteiger partial charge in [-0.25, -0.2) is 4.99 Å². The number of alkyl halides is 3. The number of halogens is 3. The van der Waals surface area contributed by atoms with Crippen molar-refractivity contribution in [2.45, 2.75) is 26.4 Å². The summed E-state index contributed by atoms with van der Waals surface area (Å²) < 4.78 is 36.7. The predicted octanol–water partition coefficient (Wildman–Crippen LogP) is 3.24. The van der Waals surface area contributed by atoms with E-state index in [1.54, 1.807) is 19.9 Å². The van der Waals surface area contributed by atoms with Crippen molar-refractivity contribution >= 4 is 5.71 Å². The van der Waals surface area contributed by atoms with Crippen LogP contribution in [0.25, 0.3) is 0 Å². The molecule has 0 aromatic carbocycles. The Morgan fingerprint density at radius 3 is 2.46 bits per heavy atom. The van der Waals surface area contributed by atoms with Crippen LogP contribution in [0.4, 0.5) is 13.2 Å². The maximum Gasteiger partial charge on any atom is 0.433 e. The molecule has 0 aromatic heterocycles. The Morgan fingerprint density at radius 1 is 1.31 bits per heavy atom. The summed E-state index contributed by atoms with van der Waals surface area (Å²) in [4.78, 5) is 3.47. The second-order valence-electron chi connectivity index (χ2n) is 3.04. The summed E-state index contributed by atoms with van der Waals surface area (Å²) in [6.45, 7) is 3.35. The zero-order valence-corrected chi connectivity index (χ0v) is 7.44. The molecule has 72 valence electrons. The van der Waals surface area contributed by atoms with Gasteiger partial charge in [-0.2, -0.15) is 13.2 Å². The number of hydrogen-bond donors (Lipinski definition) is 0. The van der Waals surface area contributed by atoms with Gasteiger partial charge in [0.05, 0.1) is 0 Å². The van der Waals surface area contributed by atoms with Crippen molar-refractivity contribution < 1.29 is 13.2 Å². The topological polar surface area (TPSA) is 12.4 Å². The van der Waals surface area contributed by atoms with E-state index < -0.39 is 11.9 Å². The molecule has 1 aliphatic heterocycles. The third-order valence-corrected chi connectivity index (χ3v) is 1.66. The van der Waals surface area contributed by atoms with Crippen molar-refractivity contribution in [2.75, 3.05) is 0 Å². The van der Waals surface area contributed by atoms with Gasteiger partial charge in [0, 0.05) is 5.71 Å². The van der Waals surface area contributed by atoms with Gasteiger partial charge in [-0.1, -0.05) is 5.57 Å². The van der Waals surface area contributed by atoms with Gasteiger partial charge in [0.15, 0.2) is 0 Å². The van der Waals surface area contributed by atoms with Crippen LogP contribution in [0.15, 0.2) is 28.4 Å². The summed E-state index contributed by atoms with van der Waals surface area (Å²) in [6.07, 6.45) is -1.24. The van der Waals surface area contributed by atoms with Crippen LogP contribution < -0.4 is 0 Å². The number of allylic oxidation sites excluding steroid dienone is 4. The summed E-state index contributed by atoms with van der Waals surface area (Å²) in [5, 5.41) is 0. The first-order chi connectivity index (χ1) is 5.89. The van der Waals surface area contributed by atoms with E-state index in [9.17, 15) is 13.2 Å². The van der Waals surface area contributed by atoms with E-state index in [0.29, 0.717) is 12.1 Å². The first-order valence-corrected chi connectivity index (χ1v) is 3.89. The fraction of sp³-hybridized carbons (Fsp3) is 0.444. The summed E-state index contributed by atoms with van der Waals surface area (Å²) in [7, 11) is 0. The van der Waals surface area contributed by atoms with Crippen LogP contribution in [-0.4, -0.2) is 11.9 Å². The van der Waals surface area contributed by atoms with Gasteiger partial charge in [-0.15, -0.1) is 0 Å². The van der Waals surface area contributed by atoms with Gasteiger partial charge in [0.25, 0.3) is 0 Å². The standard InChI is InChI=1S/C9H10F3N/c1-6-3-4-8(9(10,11)12)13-7(2)5-6/h4-5H,3H2,1-2H3. The maximum atomic E-state index is 12.2. The minimum Gasteiger partial charge on any atom is -0.249 e. The first kappa shape index (κ1) is 10.0. The first-order valence-electron chi connectivity index (χ1n) is 3.89. The molecular weight excluding hydrogens is 179 g/mol. The molecule has 0 N–H and O–H groups in total. The van der Waals surface area contributed by atoms with Gasteiger partial charge >= 0.3 is 6.18 Å². The lowest BCUT2D eigenvalue weighted by Crippen LogP contribution is -2.10. The lowest BCUT2D eigenvalue weighted by molar-refractivity contribution is -0.0925. The van der Waals surface area contributed by atoms with E-state index >= 15 is 0 Å². The van der Waals surface area contributed by atoms with Crippen molar-refractivity contribution in [3.63, 3.8) is 0 Å². The number of aliphatic imine (C=N–C) groups is 1. The van der Waals surface area contributed by atoms with E-state index in [4.69, 9.17) is 0 Å². The van der Waals surface area contributed by atoms with Crippen molar-refractivity contribution in [2.24, 2.45) is 4.99 Å². The van der Waals surface area contributed by atoms with E-state index in [1.807, 2.05) is 0 Å². The molecule has 13 heavy (non-hydrogen) atoms. The maximum absolute atomic E-state index is 12.2. The molecule has 1 nitrogen and oxygen atoms in total. The quantitative estimate of drug-likeness (QED) is 0.554. The van der Waals surface area contributed by atoms with Crippen molar-refractivity contribution in [3.8, 4) is 0 Å². The number of nitrogens with zero attached hydrogens (tertiary/aromatic N) is 1. The molecule has 0 saturated heterocycles. The molecule has 0 spiro atoms. The molecule has 1 rings (SSSR count). The summed E-state index contributed by atoms with van der Waals surface area (Å²) >= 11 is 0. The highest BCUT2D eigenvalue weighted by molar-refractivity contribution is 5.94. The van der Waals surface area contributed by atoms with Gasteiger partial charge in [-0.3, -0.25) is 0 Å². The normalized spacial score (nSPS) is 18.7. The Bertz CT molecular complexity index is 294. The Hall–Kier alpha value is -1.06. The molecule has 0 bridgehead atoms. The van der Waals surface area contributed by atoms with E-state index in [0.717, 1.165) is 11.6 Å². The number of hydrogen-bond acceptors (Lipinski definition) is 1. The van der Waals surface area contributed by atoms with Crippen LogP contribution in [0, 0.1) is 0 Å². The van der Waals surface area contributed by atoms with Crippen LogP contribution >= 0.6 is 0 Å². The molecular formula is C9H10F3N. The third-order valence-electron chi connectivity index (χ3n) is 1.66. The highest BCUT2D eigenvalue weighted by Crippen LogP contribution is 2.28. The fourth-order valence-corrected chi connectivity index (χ4v) is 1.12. The Kier molecular flexibility index (Phi) is 2.59. The Balaban J connectivity index is 2.99. The summed E-state index contributed by atoms with van der Waals surface area (Å²) in [5.74, 6) is 0. The van der Waals surface area contributed by atoms with Crippen molar-refractivity contribution in [1.82, 2.24) is 0 Å². The molecule has 0 fully saturated rings. The van der Waals surface area contributed by atoms with Crippen LogP contribution in [0.1, 0.15) is 20.3 Å². The zero-order valence-electron chi connectivity index (χ0n) is 7.44. The average Bonchev–Trinajstić information content (AvgIpc) is 2.09. The van der Waals surface area contributed by atoms with Crippen LogP contribution in [0.3, 0.4) is 0 Å². The van der Waals surface area contributed by atoms with Crippen LogP contribution in [-0.2, 0) is 0 Å². The fourth-order valence-electron chi connectivity index (χ4n) is 1.12. The second kappa shape index (κ2) is 3.36. The molecule has 0 aliphatic carbocycles. The number of rotatable bonds is 0. The molecule has 0 atom stereocenters. The molecule has 1 aliphatic rings. The van der Waals surface area contributed by atoms with Gasteiger partial charge in [-0.05, 0) is 32.4 Å². The van der Waals surface area contributed by atoms with Crippen LogP contribution in [0.2, 0.25) is 0 Å². The molecule has 0 radical (unpaired) electrons. The molecule has 0 unspecified atom stereocenters. The molecule has 1 heterocycles. The molecule has 0 saturated carbocycles. The third kappa shape index (κ3) is 2.72. The molecule has 0 amide bonds. The van der Waals surface area contributed by atoms with Crippen LogP contribution in [0.5, 0.6) is 0 Å². The van der Waals surface area contributed by atoms with Gasteiger partial charge in [0.2, 0.25) is 0 Å². The van der Waals surface area contributed by atoms with E-state index in [2.05, 4.69) is 4.99 Å². The van der Waals surface area contributed by atoms with Gasteiger partial charge in [0.1, 0.15) is 5.70 Å². The monoisotopic (exact) mass is 189 g/mol. The zero-order chi connectivity index (χ0) is 10.1. The summed E-state index contributed by atoms with van der Waals surface area (Å²) in [5.41, 5.74) is 0.497. The highest BCUT2D eigenvalue weighted by Gasteiger charge is 2.33. The Morgan fingerprint density at radius 2 is 1.92 bits per heavy atom. The molecule has 0 aromatic rings. The average molecular weight is 189 g/mol. The van der Waals surface area contributed by atoms with E-state index in [-0.39, 0.29) is 0 Å². The Labute approximate surface area is 74.7 Å². The summed E-state index contributed by atoms with van der Waals surface area (Å²) in [6, 6.07) is 0. The van der Waals surface area contributed by atoms with Crippen molar-refractivity contribution in [1.29, 1.82) is 0 Å². The largest absolute Gasteiger partial charge is 0.433 e. The minimum atomic E-state index is -4.33.